The lowest BCUT2D eigenvalue weighted by atomic mass is 10.2. The first-order chi connectivity index (χ1) is 6.59. The SMILES string of the molecule is CC(=O)CC1(C)Oc2ccccc2O1. The van der Waals surface area contributed by atoms with Gasteiger partial charge in [0, 0.05) is 6.92 Å². The second-order valence-electron chi connectivity index (χ2n) is 3.66. The molecular weight excluding hydrogens is 180 g/mol. The molecule has 1 aliphatic heterocycles. The van der Waals surface area contributed by atoms with Gasteiger partial charge in [-0.15, -0.1) is 0 Å². The molecule has 1 aromatic carbocycles. The first kappa shape index (κ1) is 9.06. The summed E-state index contributed by atoms with van der Waals surface area (Å²) in [7, 11) is 0. The minimum Gasteiger partial charge on any atom is -0.448 e. The van der Waals surface area contributed by atoms with Crippen LogP contribution >= 0.6 is 0 Å². The van der Waals surface area contributed by atoms with Crippen molar-refractivity contribution in [2.75, 3.05) is 0 Å². The normalized spacial score (nSPS) is 16.7. The Morgan fingerprint density at radius 1 is 1.29 bits per heavy atom. The van der Waals surface area contributed by atoms with Gasteiger partial charge < -0.3 is 9.47 Å². The summed E-state index contributed by atoms with van der Waals surface area (Å²) >= 11 is 0. The van der Waals surface area contributed by atoms with Gasteiger partial charge in [0.15, 0.2) is 11.5 Å². The van der Waals surface area contributed by atoms with E-state index in [1.807, 2.05) is 24.3 Å². The highest BCUT2D eigenvalue weighted by Crippen LogP contribution is 2.40. The lowest BCUT2D eigenvalue weighted by molar-refractivity contribution is -0.129. The van der Waals surface area contributed by atoms with Gasteiger partial charge in [-0.3, -0.25) is 4.79 Å². The Kier molecular flexibility index (Phi) is 1.95. The number of carbonyl (C=O) groups excluding carboxylic acids is 1. The lowest BCUT2D eigenvalue weighted by Crippen LogP contribution is -2.36. The maximum Gasteiger partial charge on any atom is 0.255 e. The van der Waals surface area contributed by atoms with Crippen molar-refractivity contribution in [1.82, 2.24) is 0 Å². The molecule has 0 atom stereocenters. The molecule has 3 nitrogen and oxygen atoms in total. The Morgan fingerprint density at radius 3 is 2.21 bits per heavy atom. The number of Topliss-reactive ketones (excluding diaryl/α,β-unsaturated/α-hetero) is 1. The number of rotatable bonds is 2. The molecule has 1 aromatic rings. The van der Waals surface area contributed by atoms with Crippen LogP contribution in [0.25, 0.3) is 0 Å². The molecule has 0 aliphatic carbocycles. The smallest absolute Gasteiger partial charge is 0.255 e. The summed E-state index contributed by atoms with van der Waals surface area (Å²) < 4.78 is 11.1. The first-order valence-corrected chi connectivity index (χ1v) is 4.56. The van der Waals surface area contributed by atoms with Gasteiger partial charge in [-0.25, -0.2) is 0 Å². The van der Waals surface area contributed by atoms with Crippen LogP contribution in [-0.2, 0) is 4.79 Å². The third-order valence-electron chi connectivity index (χ3n) is 2.07. The molecule has 1 heterocycles. The molecule has 0 amide bonds. The number of hydrogen-bond donors (Lipinski definition) is 0. The second-order valence-corrected chi connectivity index (χ2v) is 3.66. The maximum absolute atomic E-state index is 11.0. The molecule has 0 N–H and O–H groups in total. The van der Waals surface area contributed by atoms with E-state index in [1.165, 1.54) is 6.92 Å². The Morgan fingerprint density at radius 2 is 1.79 bits per heavy atom. The predicted molar refractivity (Wildman–Crippen MR) is 51.4 cm³/mol. The van der Waals surface area contributed by atoms with E-state index in [0.717, 1.165) is 0 Å². The average Bonchev–Trinajstić information content (AvgIpc) is 2.38. The largest absolute Gasteiger partial charge is 0.448 e. The van der Waals surface area contributed by atoms with E-state index in [1.54, 1.807) is 6.92 Å². The molecule has 0 aromatic heterocycles. The van der Waals surface area contributed by atoms with Crippen LogP contribution in [0.5, 0.6) is 11.5 Å². The van der Waals surface area contributed by atoms with E-state index in [2.05, 4.69) is 0 Å². The summed E-state index contributed by atoms with van der Waals surface area (Å²) in [6.07, 6.45) is 0.266. The van der Waals surface area contributed by atoms with Crippen molar-refractivity contribution in [1.29, 1.82) is 0 Å². The minimum atomic E-state index is -0.824. The highest BCUT2D eigenvalue weighted by Gasteiger charge is 2.37. The lowest BCUT2D eigenvalue weighted by Gasteiger charge is -2.21. The number of carbonyl (C=O) groups is 1. The van der Waals surface area contributed by atoms with E-state index in [0.29, 0.717) is 11.5 Å². The Balaban J connectivity index is 2.21. The highest BCUT2D eigenvalue weighted by atomic mass is 16.7. The quantitative estimate of drug-likeness (QED) is 0.720. The van der Waals surface area contributed by atoms with Gasteiger partial charge in [-0.1, -0.05) is 12.1 Å². The number of ketones is 1. The summed E-state index contributed by atoms with van der Waals surface area (Å²) in [5, 5.41) is 0. The van der Waals surface area contributed by atoms with Gasteiger partial charge >= 0.3 is 0 Å². The van der Waals surface area contributed by atoms with Gasteiger partial charge in [-0.2, -0.15) is 0 Å². The monoisotopic (exact) mass is 192 g/mol. The van der Waals surface area contributed by atoms with E-state index >= 15 is 0 Å². The third kappa shape index (κ3) is 1.58. The molecule has 0 spiro atoms. The van der Waals surface area contributed by atoms with E-state index in [-0.39, 0.29) is 12.2 Å². The topological polar surface area (TPSA) is 35.5 Å². The van der Waals surface area contributed by atoms with E-state index in [9.17, 15) is 4.79 Å². The zero-order valence-corrected chi connectivity index (χ0v) is 8.24. The van der Waals surface area contributed by atoms with Crippen LogP contribution in [0, 0.1) is 0 Å². The second kappa shape index (κ2) is 3.01. The van der Waals surface area contributed by atoms with Crippen molar-refractivity contribution in [2.45, 2.75) is 26.1 Å². The fourth-order valence-corrected chi connectivity index (χ4v) is 1.63. The van der Waals surface area contributed by atoms with Crippen LogP contribution in [0.3, 0.4) is 0 Å². The van der Waals surface area contributed by atoms with Crippen LogP contribution in [-0.4, -0.2) is 11.6 Å². The molecule has 3 heteroatoms. The number of fused-ring (bicyclic) bond motifs is 1. The number of hydrogen-bond acceptors (Lipinski definition) is 3. The molecule has 0 radical (unpaired) electrons. The molecule has 0 unspecified atom stereocenters. The third-order valence-corrected chi connectivity index (χ3v) is 2.07. The molecular formula is C11H12O3. The van der Waals surface area contributed by atoms with Crippen LogP contribution in [0.15, 0.2) is 24.3 Å². The predicted octanol–water partition coefficient (Wildman–Crippen LogP) is 2.15. The van der Waals surface area contributed by atoms with Crippen LogP contribution in [0.1, 0.15) is 20.3 Å². The molecule has 2 rings (SSSR count). The standard InChI is InChI=1S/C11H12O3/c1-8(12)7-11(2)13-9-5-3-4-6-10(9)14-11/h3-6H,7H2,1-2H3. The molecule has 0 fully saturated rings. The molecule has 74 valence electrons. The fraction of sp³-hybridized carbons (Fsp3) is 0.364. The van der Waals surface area contributed by atoms with Crippen molar-refractivity contribution in [2.24, 2.45) is 0 Å². The van der Waals surface area contributed by atoms with Crippen molar-refractivity contribution >= 4 is 5.78 Å². The summed E-state index contributed by atoms with van der Waals surface area (Å²) in [5.74, 6) is 0.642. The average molecular weight is 192 g/mol. The van der Waals surface area contributed by atoms with Gasteiger partial charge in [0.1, 0.15) is 5.78 Å². The minimum absolute atomic E-state index is 0.0558. The van der Waals surface area contributed by atoms with Gasteiger partial charge in [0.2, 0.25) is 0 Å². The first-order valence-electron chi connectivity index (χ1n) is 4.56. The molecule has 14 heavy (non-hydrogen) atoms. The van der Waals surface area contributed by atoms with Crippen LogP contribution in [0.2, 0.25) is 0 Å². The van der Waals surface area contributed by atoms with E-state index < -0.39 is 5.79 Å². The zero-order valence-electron chi connectivity index (χ0n) is 8.24. The highest BCUT2D eigenvalue weighted by molar-refractivity contribution is 5.76. The van der Waals surface area contributed by atoms with Crippen LogP contribution < -0.4 is 9.47 Å². The van der Waals surface area contributed by atoms with Gasteiger partial charge in [0.25, 0.3) is 5.79 Å². The molecule has 0 saturated carbocycles. The maximum atomic E-state index is 11.0. The Hall–Kier alpha value is -1.51. The van der Waals surface area contributed by atoms with Crippen molar-refractivity contribution in [3.8, 4) is 11.5 Å². The number of para-hydroxylation sites is 2. The Bertz CT molecular complexity index is 346. The van der Waals surface area contributed by atoms with Crippen molar-refractivity contribution in [3.05, 3.63) is 24.3 Å². The van der Waals surface area contributed by atoms with Crippen molar-refractivity contribution in [3.63, 3.8) is 0 Å². The number of benzene rings is 1. The van der Waals surface area contributed by atoms with Crippen molar-refractivity contribution < 1.29 is 14.3 Å². The fourth-order valence-electron chi connectivity index (χ4n) is 1.63. The number of ether oxygens (including phenoxy) is 2. The molecule has 1 aliphatic rings. The van der Waals surface area contributed by atoms with Gasteiger partial charge in [0.05, 0.1) is 6.42 Å². The van der Waals surface area contributed by atoms with Crippen LogP contribution in [0.4, 0.5) is 0 Å². The summed E-state index contributed by atoms with van der Waals surface area (Å²) in [5.41, 5.74) is 0. The molecule has 0 saturated heterocycles. The van der Waals surface area contributed by atoms with E-state index in [4.69, 9.17) is 9.47 Å². The zero-order chi connectivity index (χ0) is 10.2. The summed E-state index contributed by atoms with van der Waals surface area (Å²) in [4.78, 5) is 11.0. The van der Waals surface area contributed by atoms with Gasteiger partial charge in [-0.05, 0) is 19.1 Å². The molecule has 0 bridgehead atoms. The summed E-state index contributed by atoms with van der Waals surface area (Å²) in [6, 6.07) is 7.42. The Labute approximate surface area is 82.6 Å². The summed E-state index contributed by atoms with van der Waals surface area (Å²) in [6.45, 7) is 3.30.